The van der Waals surface area contributed by atoms with E-state index in [2.05, 4.69) is 20.4 Å². The van der Waals surface area contributed by atoms with Crippen molar-refractivity contribution in [2.45, 2.75) is 37.6 Å². The molecule has 0 radical (unpaired) electrons. The minimum absolute atomic E-state index is 0.355. The number of thioether (sulfide) groups is 1. The zero-order valence-corrected chi connectivity index (χ0v) is 10.5. The molecule has 0 unspecified atom stereocenters. The maximum atomic E-state index is 4.93. The largest absolute Gasteiger partial charge is 0.359 e. The Morgan fingerprint density at radius 2 is 2.35 bits per heavy atom. The van der Waals surface area contributed by atoms with Crippen molar-refractivity contribution >= 4 is 16.9 Å². The average molecular weight is 252 g/mol. The molecule has 0 bridgehead atoms. The predicted octanol–water partition coefficient (Wildman–Crippen LogP) is 1.62. The lowest BCUT2D eigenvalue weighted by atomic mass is 10.0. The van der Waals surface area contributed by atoms with Crippen LogP contribution in [0.1, 0.15) is 31.6 Å². The van der Waals surface area contributed by atoms with E-state index in [1.807, 2.05) is 11.8 Å². The van der Waals surface area contributed by atoms with Gasteiger partial charge in [-0.1, -0.05) is 29.8 Å². The molecule has 3 rings (SSSR count). The van der Waals surface area contributed by atoms with Gasteiger partial charge in [-0.05, 0) is 12.8 Å². The first-order valence-corrected chi connectivity index (χ1v) is 7.06. The number of nitrogens with zero attached hydrogens (tertiary/aromatic N) is 3. The third kappa shape index (κ3) is 2.46. The highest BCUT2D eigenvalue weighted by molar-refractivity contribution is 8.14. The summed E-state index contributed by atoms with van der Waals surface area (Å²) in [4.78, 5) is 8.53. The summed E-state index contributed by atoms with van der Waals surface area (Å²) < 4.78 is 4.93. The van der Waals surface area contributed by atoms with Crippen LogP contribution in [0.5, 0.6) is 0 Å². The van der Waals surface area contributed by atoms with Gasteiger partial charge in [0.2, 0.25) is 5.89 Å². The van der Waals surface area contributed by atoms with Gasteiger partial charge in [0.1, 0.15) is 0 Å². The Morgan fingerprint density at radius 3 is 3.12 bits per heavy atom. The maximum Gasteiger partial charge on any atom is 0.228 e. The summed E-state index contributed by atoms with van der Waals surface area (Å²) in [6.07, 6.45) is 7.44. The minimum atomic E-state index is 0.355. The molecular weight excluding hydrogens is 236 g/mol. The Bertz CT molecular complexity index is 398. The lowest BCUT2D eigenvalue weighted by Gasteiger charge is -2.21. The van der Waals surface area contributed by atoms with Crippen molar-refractivity contribution in [2.24, 2.45) is 4.99 Å². The summed E-state index contributed by atoms with van der Waals surface area (Å²) >= 11 is 1.85. The van der Waals surface area contributed by atoms with E-state index in [1.54, 1.807) is 0 Å². The number of amidine groups is 1. The van der Waals surface area contributed by atoms with Crippen LogP contribution in [-0.2, 0) is 6.42 Å². The van der Waals surface area contributed by atoms with E-state index in [9.17, 15) is 0 Å². The summed E-state index contributed by atoms with van der Waals surface area (Å²) in [7, 11) is 0. The highest BCUT2D eigenvalue weighted by Gasteiger charge is 2.39. The van der Waals surface area contributed by atoms with Crippen molar-refractivity contribution in [1.29, 1.82) is 0 Å². The Labute approximate surface area is 104 Å². The van der Waals surface area contributed by atoms with Gasteiger partial charge in [-0.15, -0.1) is 0 Å². The number of aromatic nitrogens is 2. The summed E-state index contributed by atoms with van der Waals surface area (Å²) in [6.45, 7) is 0.716. The van der Waals surface area contributed by atoms with Crippen molar-refractivity contribution in [1.82, 2.24) is 15.5 Å². The van der Waals surface area contributed by atoms with Crippen molar-refractivity contribution in [3.05, 3.63) is 12.2 Å². The second kappa shape index (κ2) is 4.68. The number of hydrogen-bond donors (Lipinski definition) is 1. The molecule has 0 aromatic carbocycles. The fraction of sp³-hybridized carbons (Fsp3) is 0.727. The van der Waals surface area contributed by atoms with Crippen LogP contribution in [0.3, 0.4) is 0 Å². The lowest BCUT2D eigenvalue weighted by molar-refractivity contribution is 0.379. The fourth-order valence-electron chi connectivity index (χ4n) is 2.47. The molecule has 1 spiro atoms. The van der Waals surface area contributed by atoms with Crippen LogP contribution in [0.15, 0.2) is 15.8 Å². The van der Waals surface area contributed by atoms with Gasteiger partial charge in [-0.2, -0.15) is 4.98 Å². The van der Waals surface area contributed by atoms with Gasteiger partial charge in [0.25, 0.3) is 0 Å². The van der Waals surface area contributed by atoms with Gasteiger partial charge in [0, 0.05) is 17.7 Å². The molecule has 6 heteroatoms. The summed E-state index contributed by atoms with van der Waals surface area (Å²) in [6, 6.07) is 0. The van der Waals surface area contributed by atoms with Crippen molar-refractivity contribution < 1.29 is 4.52 Å². The van der Waals surface area contributed by atoms with E-state index < -0.39 is 0 Å². The van der Waals surface area contributed by atoms with Crippen molar-refractivity contribution in [2.75, 3.05) is 12.3 Å². The standard InChI is InChI=1S/C11H16N4OS/c1-2-5-11(4-1)7-17-10(15-11)12-6-3-9-13-8-14-16-9/h8H,1-7H2,(H,12,15). The lowest BCUT2D eigenvalue weighted by Crippen LogP contribution is -2.40. The molecule has 92 valence electrons. The fourth-order valence-corrected chi connectivity index (χ4v) is 3.72. The SMILES string of the molecule is c1noc(CCN=C2NC3(CCCC3)CS2)n1. The van der Waals surface area contributed by atoms with E-state index in [4.69, 9.17) is 4.52 Å². The molecular formula is C11H16N4OS. The second-order valence-corrected chi connectivity index (χ2v) is 5.64. The maximum absolute atomic E-state index is 4.93. The molecule has 2 aliphatic rings. The molecule has 1 N–H and O–H groups in total. The Hall–Kier alpha value is -1.04. The molecule has 0 amide bonds. The first-order chi connectivity index (χ1) is 8.36. The van der Waals surface area contributed by atoms with Crippen molar-refractivity contribution in [3.63, 3.8) is 0 Å². The van der Waals surface area contributed by atoms with Crippen molar-refractivity contribution in [3.8, 4) is 0 Å². The number of hydrogen-bond acceptors (Lipinski definition) is 5. The highest BCUT2D eigenvalue weighted by Crippen LogP contribution is 2.37. The molecule has 1 saturated carbocycles. The topological polar surface area (TPSA) is 63.3 Å². The van der Waals surface area contributed by atoms with Gasteiger partial charge in [-0.3, -0.25) is 4.99 Å². The van der Waals surface area contributed by atoms with Gasteiger partial charge in [-0.25, -0.2) is 0 Å². The normalized spacial score (nSPS) is 24.6. The second-order valence-electron chi connectivity index (χ2n) is 4.67. The predicted molar refractivity (Wildman–Crippen MR) is 67.1 cm³/mol. The molecule has 17 heavy (non-hydrogen) atoms. The first kappa shape index (κ1) is 11.1. The third-order valence-electron chi connectivity index (χ3n) is 3.41. The molecule has 1 aromatic heterocycles. The van der Waals surface area contributed by atoms with Crippen LogP contribution in [0.2, 0.25) is 0 Å². The van der Waals surface area contributed by atoms with Gasteiger partial charge in [0.15, 0.2) is 11.5 Å². The quantitative estimate of drug-likeness (QED) is 0.885. The van der Waals surface area contributed by atoms with Gasteiger partial charge < -0.3 is 9.84 Å². The minimum Gasteiger partial charge on any atom is -0.359 e. The van der Waals surface area contributed by atoms with Gasteiger partial charge >= 0.3 is 0 Å². The number of aliphatic imine (C=N–C) groups is 1. The van der Waals surface area contributed by atoms with Crippen LogP contribution in [0, 0.1) is 0 Å². The van der Waals surface area contributed by atoms with Crippen LogP contribution >= 0.6 is 11.8 Å². The molecule has 1 aliphatic heterocycles. The average Bonchev–Trinajstić information content (AvgIpc) is 3.04. The number of rotatable bonds is 3. The molecule has 1 saturated heterocycles. The smallest absolute Gasteiger partial charge is 0.228 e. The van der Waals surface area contributed by atoms with E-state index in [0.717, 1.165) is 11.6 Å². The third-order valence-corrected chi connectivity index (χ3v) is 4.61. The monoisotopic (exact) mass is 252 g/mol. The summed E-state index contributed by atoms with van der Waals surface area (Å²) in [5.41, 5.74) is 0.355. The highest BCUT2D eigenvalue weighted by atomic mass is 32.2. The van der Waals surface area contributed by atoms with E-state index in [1.165, 1.54) is 37.8 Å². The summed E-state index contributed by atoms with van der Waals surface area (Å²) in [5, 5.41) is 8.26. The Kier molecular flexibility index (Phi) is 3.05. The molecule has 1 aromatic rings. The van der Waals surface area contributed by atoms with E-state index in [-0.39, 0.29) is 0 Å². The molecule has 2 heterocycles. The summed E-state index contributed by atoms with van der Waals surface area (Å²) in [5.74, 6) is 1.83. The van der Waals surface area contributed by atoms with E-state index >= 15 is 0 Å². The first-order valence-electron chi connectivity index (χ1n) is 6.07. The van der Waals surface area contributed by atoms with Crippen LogP contribution in [0.25, 0.3) is 0 Å². The zero-order valence-electron chi connectivity index (χ0n) is 9.69. The Balaban J connectivity index is 1.52. The van der Waals surface area contributed by atoms with Crippen LogP contribution < -0.4 is 5.32 Å². The van der Waals surface area contributed by atoms with Gasteiger partial charge in [0.05, 0.1) is 6.54 Å². The number of nitrogens with one attached hydrogen (secondary N) is 1. The molecule has 5 nitrogen and oxygen atoms in total. The Morgan fingerprint density at radius 1 is 1.47 bits per heavy atom. The molecule has 0 atom stereocenters. The van der Waals surface area contributed by atoms with E-state index in [0.29, 0.717) is 18.0 Å². The molecule has 2 fully saturated rings. The molecule has 1 aliphatic carbocycles. The van der Waals surface area contributed by atoms with Crippen LogP contribution in [0.4, 0.5) is 0 Å². The zero-order chi connectivity index (χ0) is 11.6. The van der Waals surface area contributed by atoms with Crippen LogP contribution in [-0.4, -0.2) is 33.1 Å².